The Morgan fingerprint density at radius 1 is 0.897 bits per heavy atom. The first-order valence-corrected chi connectivity index (χ1v) is 10.4. The Bertz CT molecular complexity index is 1030. The molecule has 2 aromatic rings. The monoisotopic (exact) mass is 419 g/mol. The maximum absolute atomic E-state index is 12.7. The fraction of sp³-hybridized carbons (Fsp3) is 0.300. The molecule has 9 heteroatoms. The van der Waals surface area contributed by atoms with Crippen LogP contribution < -0.4 is 9.47 Å². The molecule has 0 saturated carbocycles. The highest BCUT2D eigenvalue weighted by Crippen LogP contribution is 2.29. The zero-order chi connectivity index (χ0) is 21.0. The van der Waals surface area contributed by atoms with Gasteiger partial charge in [0.1, 0.15) is 0 Å². The van der Waals surface area contributed by atoms with E-state index in [1.807, 2.05) is 0 Å². The molecule has 0 N–H and O–H groups in total. The van der Waals surface area contributed by atoms with Crippen molar-refractivity contribution >= 4 is 22.0 Å². The molecule has 1 heterocycles. The fourth-order valence-corrected chi connectivity index (χ4v) is 4.58. The van der Waals surface area contributed by atoms with Crippen LogP contribution >= 0.6 is 0 Å². The number of nitrogens with zero attached hydrogens (tertiary/aromatic N) is 1. The molecule has 0 spiro atoms. The second kappa shape index (κ2) is 8.62. The number of esters is 2. The number of methoxy groups -OCH3 is 2. The first-order valence-electron chi connectivity index (χ1n) is 8.95. The molecule has 0 aromatic heterocycles. The number of ether oxygens (including phenoxy) is 3. The molecule has 1 aliphatic rings. The zero-order valence-corrected chi connectivity index (χ0v) is 16.9. The van der Waals surface area contributed by atoms with Gasteiger partial charge in [0.05, 0.1) is 30.2 Å². The van der Waals surface area contributed by atoms with E-state index in [9.17, 15) is 18.0 Å². The van der Waals surface area contributed by atoms with E-state index < -0.39 is 22.0 Å². The Hall–Kier alpha value is -2.91. The van der Waals surface area contributed by atoms with Crippen molar-refractivity contribution in [2.24, 2.45) is 0 Å². The summed E-state index contributed by atoms with van der Waals surface area (Å²) in [5.41, 5.74) is 0.326. The van der Waals surface area contributed by atoms with Crippen molar-refractivity contribution in [3.8, 4) is 11.5 Å². The molecule has 154 valence electrons. The van der Waals surface area contributed by atoms with Gasteiger partial charge >= 0.3 is 11.9 Å². The number of rotatable bonds is 6. The van der Waals surface area contributed by atoms with Crippen molar-refractivity contribution in [2.45, 2.75) is 17.7 Å². The average molecular weight is 419 g/mol. The highest BCUT2D eigenvalue weighted by Gasteiger charge is 2.28. The molecule has 0 bridgehead atoms. The quantitative estimate of drug-likeness (QED) is 0.524. The molecule has 1 aliphatic heterocycles. The molecule has 1 saturated heterocycles. The summed E-state index contributed by atoms with van der Waals surface area (Å²) in [4.78, 5) is 24.3. The van der Waals surface area contributed by atoms with Crippen LogP contribution in [-0.4, -0.2) is 52.0 Å². The molecule has 3 rings (SSSR count). The van der Waals surface area contributed by atoms with E-state index in [1.54, 1.807) is 0 Å². The van der Waals surface area contributed by atoms with Crippen molar-refractivity contribution in [2.75, 3.05) is 27.3 Å². The lowest BCUT2D eigenvalue weighted by Gasteiger charge is -2.16. The number of hydrogen-bond donors (Lipinski definition) is 0. The minimum absolute atomic E-state index is 0.0434. The Labute approximate surface area is 169 Å². The Morgan fingerprint density at radius 3 is 2.24 bits per heavy atom. The highest BCUT2D eigenvalue weighted by atomic mass is 32.2. The summed E-state index contributed by atoms with van der Waals surface area (Å²) in [6.45, 7) is 0.946. The molecule has 0 unspecified atom stereocenters. The van der Waals surface area contributed by atoms with Gasteiger partial charge in [0.15, 0.2) is 11.5 Å². The molecular formula is C20H21NO7S. The molecule has 2 aromatic carbocycles. The van der Waals surface area contributed by atoms with Gasteiger partial charge < -0.3 is 14.2 Å². The number of sulfonamides is 1. The second-order valence-corrected chi connectivity index (χ2v) is 8.32. The molecule has 8 nitrogen and oxygen atoms in total. The van der Waals surface area contributed by atoms with E-state index in [0.717, 1.165) is 12.8 Å². The molecule has 0 aliphatic carbocycles. The van der Waals surface area contributed by atoms with Crippen molar-refractivity contribution in [3.63, 3.8) is 0 Å². The number of benzene rings is 2. The minimum atomic E-state index is -3.65. The van der Waals surface area contributed by atoms with Crippen LogP contribution in [0.2, 0.25) is 0 Å². The first-order chi connectivity index (χ1) is 13.9. The van der Waals surface area contributed by atoms with Crippen LogP contribution in [0.1, 0.15) is 33.6 Å². The van der Waals surface area contributed by atoms with Crippen LogP contribution in [0.5, 0.6) is 11.5 Å². The van der Waals surface area contributed by atoms with Crippen molar-refractivity contribution < 1.29 is 32.2 Å². The lowest BCUT2D eigenvalue weighted by atomic mass is 10.2. The Kier molecular flexibility index (Phi) is 6.19. The summed E-state index contributed by atoms with van der Waals surface area (Å²) >= 11 is 0. The maximum Gasteiger partial charge on any atom is 0.343 e. The van der Waals surface area contributed by atoms with Crippen LogP contribution in [0.25, 0.3) is 0 Å². The first kappa shape index (κ1) is 20.8. The number of carbonyl (C=O) groups excluding carboxylic acids is 2. The van der Waals surface area contributed by atoms with Crippen LogP contribution in [0.3, 0.4) is 0 Å². The van der Waals surface area contributed by atoms with E-state index in [4.69, 9.17) is 9.47 Å². The van der Waals surface area contributed by atoms with Gasteiger partial charge in [0.2, 0.25) is 10.0 Å². The predicted molar refractivity (Wildman–Crippen MR) is 104 cm³/mol. The molecule has 0 amide bonds. The third kappa shape index (κ3) is 4.41. The van der Waals surface area contributed by atoms with Gasteiger partial charge in [-0.1, -0.05) is 6.07 Å². The second-order valence-electron chi connectivity index (χ2n) is 6.39. The van der Waals surface area contributed by atoms with Gasteiger partial charge in [0.25, 0.3) is 0 Å². The number of hydrogen-bond acceptors (Lipinski definition) is 7. The largest absolute Gasteiger partial charge is 0.493 e. The topological polar surface area (TPSA) is 99.2 Å². The number of carbonyl (C=O) groups is 2. The van der Waals surface area contributed by atoms with Gasteiger partial charge in [-0.15, -0.1) is 0 Å². The van der Waals surface area contributed by atoms with Crippen molar-refractivity contribution in [1.82, 2.24) is 4.31 Å². The lowest BCUT2D eigenvalue weighted by molar-refractivity contribution is 0.0600. The summed E-state index contributed by atoms with van der Waals surface area (Å²) < 4.78 is 42.0. The van der Waals surface area contributed by atoms with Crippen LogP contribution in [-0.2, 0) is 14.8 Å². The zero-order valence-electron chi connectivity index (χ0n) is 16.1. The van der Waals surface area contributed by atoms with Gasteiger partial charge in [-0.3, -0.25) is 0 Å². The standard InChI is InChI=1S/C20H21NO7S/c1-26-18-13-15(19(22)27-2)8-9-17(18)28-20(23)14-6-5-7-16(12-14)29(24,25)21-10-3-4-11-21/h5-9,12-13H,3-4,10-11H2,1-2H3. The molecular weight excluding hydrogens is 398 g/mol. The smallest absolute Gasteiger partial charge is 0.343 e. The van der Waals surface area contributed by atoms with E-state index in [-0.39, 0.29) is 27.5 Å². The van der Waals surface area contributed by atoms with Crippen LogP contribution in [0.4, 0.5) is 0 Å². The molecule has 0 atom stereocenters. The van der Waals surface area contributed by atoms with Gasteiger partial charge in [-0.2, -0.15) is 4.31 Å². The van der Waals surface area contributed by atoms with E-state index in [0.29, 0.717) is 13.1 Å². The third-order valence-corrected chi connectivity index (χ3v) is 6.45. The molecule has 0 radical (unpaired) electrons. The minimum Gasteiger partial charge on any atom is -0.493 e. The highest BCUT2D eigenvalue weighted by molar-refractivity contribution is 7.89. The Balaban J connectivity index is 1.84. The normalized spacial score (nSPS) is 14.4. The predicted octanol–water partition coefficient (Wildman–Crippen LogP) is 2.49. The van der Waals surface area contributed by atoms with E-state index >= 15 is 0 Å². The fourth-order valence-electron chi connectivity index (χ4n) is 3.02. The van der Waals surface area contributed by atoms with Crippen LogP contribution in [0, 0.1) is 0 Å². The maximum atomic E-state index is 12.7. The van der Waals surface area contributed by atoms with Crippen molar-refractivity contribution in [3.05, 3.63) is 53.6 Å². The summed E-state index contributed by atoms with van der Waals surface area (Å²) in [5, 5.41) is 0. The molecule has 1 fully saturated rings. The SMILES string of the molecule is COC(=O)c1ccc(OC(=O)c2cccc(S(=O)(=O)N3CCCC3)c2)c(OC)c1. The summed E-state index contributed by atoms with van der Waals surface area (Å²) in [6.07, 6.45) is 1.64. The van der Waals surface area contributed by atoms with Gasteiger partial charge in [-0.25, -0.2) is 18.0 Å². The average Bonchev–Trinajstić information content (AvgIpc) is 3.29. The summed E-state index contributed by atoms with van der Waals surface area (Å²) in [5.74, 6) is -1.03. The van der Waals surface area contributed by atoms with Crippen molar-refractivity contribution in [1.29, 1.82) is 0 Å². The summed E-state index contributed by atoms with van der Waals surface area (Å²) in [6, 6.07) is 9.96. The van der Waals surface area contributed by atoms with E-state index in [2.05, 4.69) is 4.74 Å². The Morgan fingerprint density at radius 2 is 1.59 bits per heavy atom. The molecule has 29 heavy (non-hydrogen) atoms. The summed E-state index contributed by atoms with van der Waals surface area (Å²) in [7, 11) is -1.02. The van der Waals surface area contributed by atoms with Crippen LogP contribution in [0.15, 0.2) is 47.4 Å². The lowest BCUT2D eigenvalue weighted by Crippen LogP contribution is -2.28. The van der Waals surface area contributed by atoms with Gasteiger partial charge in [-0.05, 0) is 49.2 Å². The van der Waals surface area contributed by atoms with E-state index in [1.165, 1.54) is 61.0 Å². The third-order valence-electron chi connectivity index (χ3n) is 4.56. The van der Waals surface area contributed by atoms with Gasteiger partial charge in [0, 0.05) is 13.1 Å².